The number of likely N-dealkylation sites (tertiary alicyclic amines) is 1. The van der Waals surface area contributed by atoms with E-state index in [2.05, 4.69) is 32.2 Å². The Morgan fingerprint density at radius 3 is 2.74 bits per heavy atom. The van der Waals surface area contributed by atoms with Gasteiger partial charge < -0.3 is 24.7 Å². The number of benzene rings is 1. The summed E-state index contributed by atoms with van der Waals surface area (Å²) in [5.41, 5.74) is 7.85. The lowest BCUT2D eigenvalue weighted by molar-refractivity contribution is 0.200. The number of nitrogens with two attached hydrogens (primary N) is 1. The normalized spacial score (nSPS) is 15.0. The average molecular weight is 478 g/mol. The molecule has 0 radical (unpaired) electrons. The average Bonchev–Trinajstić information content (AvgIpc) is 3.45. The molecule has 4 aromatic rings. The molecule has 5 rings (SSSR count). The molecule has 184 valence electrons. The standard InChI is InChI=1S/C25H31N7O3/c1-3-32-21-15-22(27-16-20(21)28-25(32)23-24(26)30-35-29-23)34-19-8-4-7-18(14-19)33-13-5-6-17-9-11-31(2)12-10-17/h4,7-8,14-17H,3,5-6,9-13H2,1-2H3,(H2,26,30). The molecule has 0 spiro atoms. The van der Waals surface area contributed by atoms with Crippen LogP contribution in [0.4, 0.5) is 5.82 Å². The molecular formula is C25H31N7O3. The van der Waals surface area contributed by atoms with Gasteiger partial charge in [0.05, 0.1) is 18.3 Å². The summed E-state index contributed by atoms with van der Waals surface area (Å²) in [6.45, 7) is 5.79. The number of nitrogens with zero attached hydrogens (tertiary/aromatic N) is 6. The molecule has 4 heterocycles. The van der Waals surface area contributed by atoms with Crippen molar-refractivity contribution in [2.24, 2.45) is 5.92 Å². The predicted octanol–water partition coefficient (Wildman–Crippen LogP) is 4.38. The molecule has 10 heteroatoms. The van der Waals surface area contributed by atoms with Crippen molar-refractivity contribution < 1.29 is 14.1 Å². The maximum Gasteiger partial charge on any atom is 0.221 e. The summed E-state index contributed by atoms with van der Waals surface area (Å²) < 4.78 is 18.8. The Labute approximate surface area is 204 Å². The summed E-state index contributed by atoms with van der Waals surface area (Å²) in [5.74, 6) is 3.52. The van der Waals surface area contributed by atoms with E-state index in [1.54, 1.807) is 6.20 Å². The van der Waals surface area contributed by atoms with E-state index in [9.17, 15) is 0 Å². The zero-order valence-corrected chi connectivity index (χ0v) is 20.2. The summed E-state index contributed by atoms with van der Waals surface area (Å²) >= 11 is 0. The fraction of sp³-hybridized carbons (Fsp3) is 0.440. The van der Waals surface area contributed by atoms with Crippen LogP contribution in [-0.4, -0.2) is 56.5 Å². The first-order chi connectivity index (χ1) is 17.1. The predicted molar refractivity (Wildman–Crippen MR) is 132 cm³/mol. The summed E-state index contributed by atoms with van der Waals surface area (Å²) in [4.78, 5) is 11.4. The van der Waals surface area contributed by atoms with Gasteiger partial charge in [0.15, 0.2) is 17.3 Å². The molecule has 0 saturated carbocycles. The first-order valence-electron chi connectivity index (χ1n) is 12.1. The third-order valence-electron chi connectivity index (χ3n) is 6.54. The Bertz CT molecular complexity index is 1280. The third kappa shape index (κ3) is 5.22. The molecular weight excluding hydrogens is 446 g/mol. The van der Waals surface area contributed by atoms with Crippen molar-refractivity contribution in [2.45, 2.75) is 39.2 Å². The SMILES string of the molecule is CCn1c(-c2nonc2N)nc2cnc(Oc3cccc(OCCCC4CCN(C)CC4)c3)cc21. The number of piperidine rings is 1. The highest BCUT2D eigenvalue weighted by atomic mass is 16.6. The summed E-state index contributed by atoms with van der Waals surface area (Å²) in [7, 11) is 2.20. The number of hydrogen-bond acceptors (Lipinski definition) is 9. The van der Waals surface area contributed by atoms with Gasteiger partial charge in [0.1, 0.15) is 17.0 Å². The van der Waals surface area contributed by atoms with E-state index in [-0.39, 0.29) is 5.82 Å². The van der Waals surface area contributed by atoms with Crippen molar-refractivity contribution in [3.8, 4) is 28.9 Å². The van der Waals surface area contributed by atoms with Crippen LogP contribution in [0.5, 0.6) is 17.4 Å². The number of hydrogen-bond donors (Lipinski definition) is 1. The van der Waals surface area contributed by atoms with Gasteiger partial charge >= 0.3 is 0 Å². The number of aryl methyl sites for hydroxylation is 1. The highest BCUT2D eigenvalue weighted by Gasteiger charge is 2.19. The quantitative estimate of drug-likeness (QED) is 0.350. The van der Waals surface area contributed by atoms with Crippen LogP contribution in [0.3, 0.4) is 0 Å². The largest absolute Gasteiger partial charge is 0.493 e. The molecule has 0 amide bonds. The van der Waals surface area contributed by atoms with Crippen molar-refractivity contribution in [3.63, 3.8) is 0 Å². The van der Waals surface area contributed by atoms with Crippen molar-refractivity contribution >= 4 is 16.9 Å². The van der Waals surface area contributed by atoms with Crippen LogP contribution < -0.4 is 15.2 Å². The maximum absolute atomic E-state index is 6.05. The van der Waals surface area contributed by atoms with Gasteiger partial charge in [-0.3, -0.25) is 0 Å². The van der Waals surface area contributed by atoms with E-state index in [1.165, 1.54) is 32.4 Å². The first kappa shape index (κ1) is 23.1. The van der Waals surface area contributed by atoms with Gasteiger partial charge in [-0.05, 0) is 81.1 Å². The first-order valence-corrected chi connectivity index (χ1v) is 12.1. The van der Waals surface area contributed by atoms with Crippen LogP contribution in [0.2, 0.25) is 0 Å². The van der Waals surface area contributed by atoms with Gasteiger partial charge in [0.2, 0.25) is 5.88 Å². The van der Waals surface area contributed by atoms with Crippen molar-refractivity contribution in [1.29, 1.82) is 0 Å². The van der Waals surface area contributed by atoms with Crippen molar-refractivity contribution in [3.05, 3.63) is 36.5 Å². The highest BCUT2D eigenvalue weighted by Crippen LogP contribution is 2.30. The van der Waals surface area contributed by atoms with Crippen LogP contribution >= 0.6 is 0 Å². The van der Waals surface area contributed by atoms with Crippen molar-refractivity contribution in [1.82, 2.24) is 29.7 Å². The van der Waals surface area contributed by atoms with Gasteiger partial charge in [-0.15, -0.1) is 0 Å². The summed E-state index contributed by atoms with van der Waals surface area (Å²) in [5, 5.41) is 7.55. The molecule has 0 atom stereocenters. The number of nitrogen functional groups attached to an aromatic ring is 1. The zero-order chi connectivity index (χ0) is 24.2. The second kappa shape index (κ2) is 10.3. The smallest absolute Gasteiger partial charge is 0.221 e. The van der Waals surface area contributed by atoms with Gasteiger partial charge in [0, 0.05) is 18.7 Å². The van der Waals surface area contributed by atoms with E-state index in [0.29, 0.717) is 41.8 Å². The molecule has 2 N–H and O–H groups in total. The minimum absolute atomic E-state index is 0.197. The van der Waals surface area contributed by atoms with Crippen LogP contribution in [0.15, 0.2) is 41.2 Å². The molecule has 0 aliphatic carbocycles. The molecule has 1 fully saturated rings. The Morgan fingerprint density at radius 1 is 1.14 bits per heavy atom. The number of pyridine rings is 1. The second-order valence-electron chi connectivity index (χ2n) is 9.00. The number of ether oxygens (including phenoxy) is 2. The van der Waals surface area contributed by atoms with Gasteiger partial charge in [-0.1, -0.05) is 6.07 Å². The number of rotatable bonds is 9. The number of fused-ring (bicyclic) bond motifs is 1. The fourth-order valence-electron chi connectivity index (χ4n) is 4.58. The van der Waals surface area contributed by atoms with Crippen molar-refractivity contribution in [2.75, 3.05) is 32.5 Å². The number of imidazole rings is 1. The van der Waals surface area contributed by atoms with Crippen LogP contribution in [0.25, 0.3) is 22.6 Å². The number of aromatic nitrogens is 5. The number of anilines is 1. The Morgan fingerprint density at radius 2 is 1.97 bits per heavy atom. The topological polar surface area (TPSA) is 117 Å². The Hall–Kier alpha value is -3.66. The second-order valence-corrected chi connectivity index (χ2v) is 9.00. The van der Waals surface area contributed by atoms with Gasteiger partial charge in [-0.2, -0.15) is 0 Å². The molecule has 3 aromatic heterocycles. The molecule has 1 aliphatic heterocycles. The lowest BCUT2D eigenvalue weighted by Gasteiger charge is -2.28. The molecule has 10 nitrogen and oxygen atoms in total. The summed E-state index contributed by atoms with van der Waals surface area (Å²) in [6, 6.07) is 9.52. The molecule has 0 bridgehead atoms. The molecule has 35 heavy (non-hydrogen) atoms. The summed E-state index contributed by atoms with van der Waals surface area (Å²) in [6.07, 6.45) is 6.54. The monoisotopic (exact) mass is 477 g/mol. The Balaban J connectivity index is 1.23. The molecule has 1 saturated heterocycles. The lowest BCUT2D eigenvalue weighted by Crippen LogP contribution is -2.30. The molecule has 1 aromatic carbocycles. The van der Waals surface area contributed by atoms with Crippen LogP contribution in [0, 0.1) is 5.92 Å². The molecule has 0 unspecified atom stereocenters. The van der Waals surface area contributed by atoms with E-state index in [4.69, 9.17) is 19.8 Å². The van der Waals surface area contributed by atoms with Crippen LogP contribution in [-0.2, 0) is 6.54 Å². The van der Waals surface area contributed by atoms with E-state index in [0.717, 1.165) is 23.6 Å². The van der Waals surface area contributed by atoms with E-state index >= 15 is 0 Å². The minimum Gasteiger partial charge on any atom is -0.493 e. The van der Waals surface area contributed by atoms with Gasteiger partial charge in [-0.25, -0.2) is 14.6 Å². The van der Waals surface area contributed by atoms with Crippen LogP contribution in [0.1, 0.15) is 32.6 Å². The Kier molecular flexibility index (Phi) is 6.80. The maximum atomic E-state index is 6.05. The van der Waals surface area contributed by atoms with E-state index < -0.39 is 0 Å². The van der Waals surface area contributed by atoms with Gasteiger partial charge in [0.25, 0.3) is 0 Å². The lowest BCUT2D eigenvalue weighted by atomic mass is 9.93. The minimum atomic E-state index is 0.197. The third-order valence-corrected chi connectivity index (χ3v) is 6.54. The highest BCUT2D eigenvalue weighted by molar-refractivity contribution is 5.81. The fourth-order valence-corrected chi connectivity index (χ4v) is 4.58. The molecule has 1 aliphatic rings. The van der Waals surface area contributed by atoms with E-state index in [1.807, 2.05) is 41.8 Å². The zero-order valence-electron chi connectivity index (χ0n) is 20.2.